The van der Waals surface area contributed by atoms with E-state index in [2.05, 4.69) is 0 Å². The Hall–Kier alpha value is -2.63. The summed E-state index contributed by atoms with van der Waals surface area (Å²) < 4.78 is 5.07. The van der Waals surface area contributed by atoms with Crippen LogP contribution in [0.25, 0.3) is 5.76 Å². The number of amides is 1. The lowest BCUT2D eigenvalue weighted by Crippen LogP contribution is -2.32. The molecular formula is C20H18ClNO4. The Morgan fingerprint density at radius 3 is 2.38 bits per heavy atom. The fourth-order valence-corrected chi connectivity index (χ4v) is 3.17. The van der Waals surface area contributed by atoms with Crippen molar-refractivity contribution in [3.05, 3.63) is 76.3 Å². The van der Waals surface area contributed by atoms with Crippen LogP contribution in [0, 0.1) is 0 Å². The van der Waals surface area contributed by atoms with Crippen LogP contribution in [0.3, 0.4) is 0 Å². The third-order valence-electron chi connectivity index (χ3n) is 4.31. The molecule has 1 N–H and O–H groups in total. The minimum Gasteiger partial charge on any atom is -0.507 e. The maximum Gasteiger partial charge on any atom is 0.295 e. The molecule has 5 nitrogen and oxygen atoms in total. The molecule has 0 aromatic heterocycles. The fraction of sp³-hybridized carbons (Fsp3) is 0.200. The summed E-state index contributed by atoms with van der Waals surface area (Å²) in [5.74, 6) is -1.57. The lowest BCUT2D eigenvalue weighted by Gasteiger charge is -2.25. The number of Topliss-reactive ketones (excluding diaryl/α,β-unsaturated/α-hetero) is 1. The van der Waals surface area contributed by atoms with Crippen molar-refractivity contribution >= 4 is 29.1 Å². The first-order chi connectivity index (χ1) is 12.5. The Morgan fingerprint density at radius 2 is 1.77 bits per heavy atom. The van der Waals surface area contributed by atoms with Crippen molar-refractivity contribution < 1.29 is 19.4 Å². The minimum absolute atomic E-state index is 0.0691. The van der Waals surface area contributed by atoms with E-state index in [1.54, 1.807) is 24.3 Å². The second-order valence-corrected chi connectivity index (χ2v) is 6.34. The van der Waals surface area contributed by atoms with Crippen molar-refractivity contribution in [2.45, 2.75) is 6.04 Å². The highest BCUT2D eigenvalue weighted by Gasteiger charge is 2.45. The van der Waals surface area contributed by atoms with Crippen LogP contribution in [-0.2, 0) is 14.3 Å². The molecule has 3 rings (SSSR count). The van der Waals surface area contributed by atoms with Crippen molar-refractivity contribution in [3.63, 3.8) is 0 Å². The first kappa shape index (κ1) is 18.2. The van der Waals surface area contributed by atoms with Crippen molar-refractivity contribution in [1.29, 1.82) is 0 Å². The number of rotatable bonds is 5. The summed E-state index contributed by atoms with van der Waals surface area (Å²) in [7, 11) is 1.53. The van der Waals surface area contributed by atoms with E-state index in [4.69, 9.17) is 16.3 Å². The van der Waals surface area contributed by atoms with E-state index in [0.717, 1.165) is 5.56 Å². The zero-order valence-electron chi connectivity index (χ0n) is 14.2. The molecule has 1 heterocycles. The van der Waals surface area contributed by atoms with Crippen LogP contribution in [0.15, 0.2) is 60.2 Å². The van der Waals surface area contributed by atoms with Gasteiger partial charge in [-0.15, -0.1) is 0 Å². The largest absolute Gasteiger partial charge is 0.507 e. The van der Waals surface area contributed by atoms with Gasteiger partial charge in [-0.3, -0.25) is 9.59 Å². The molecule has 0 spiro atoms. The number of halogens is 1. The topological polar surface area (TPSA) is 66.8 Å². The lowest BCUT2D eigenvalue weighted by molar-refractivity contribution is -0.140. The molecule has 1 aliphatic heterocycles. The zero-order valence-corrected chi connectivity index (χ0v) is 14.9. The van der Waals surface area contributed by atoms with Gasteiger partial charge in [-0.2, -0.15) is 0 Å². The molecule has 0 aliphatic carbocycles. The Kier molecular flexibility index (Phi) is 5.40. The number of methoxy groups -OCH3 is 1. The van der Waals surface area contributed by atoms with Crippen LogP contribution >= 0.6 is 11.6 Å². The number of aliphatic hydroxyl groups is 1. The van der Waals surface area contributed by atoms with Gasteiger partial charge in [0.05, 0.1) is 18.2 Å². The highest BCUT2D eigenvalue weighted by Crippen LogP contribution is 2.39. The number of hydrogen-bond acceptors (Lipinski definition) is 4. The van der Waals surface area contributed by atoms with Crippen LogP contribution in [0.4, 0.5) is 0 Å². The highest BCUT2D eigenvalue weighted by molar-refractivity contribution is 6.46. The van der Waals surface area contributed by atoms with Gasteiger partial charge in [0.25, 0.3) is 11.7 Å². The quantitative estimate of drug-likeness (QED) is 0.497. The van der Waals surface area contributed by atoms with E-state index < -0.39 is 17.7 Å². The minimum atomic E-state index is -0.706. The number of carbonyl (C=O) groups excluding carboxylic acids is 2. The zero-order chi connectivity index (χ0) is 18.7. The van der Waals surface area contributed by atoms with Gasteiger partial charge in [0, 0.05) is 24.2 Å². The Morgan fingerprint density at radius 1 is 1.12 bits per heavy atom. The van der Waals surface area contributed by atoms with Crippen molar-refractivity contribution in [2.75, 3.05) is 20.3 Å². The van der Waals surface area contributed by atoms with E-state index in [-0.39, 0.29) is 24.5 Å². The third kappa shape index (κ3) is 3.36. The highest BCUT2D eigenvalue weighted by atomic mass is 35.5. The van der Waals surface area contributed by atoms with Gasteiger partial charge >= 0.3 is 0 Å². The summed E-state index contributed by atoms with van der Waals surface area (Å²) in [6.45, 7) is 0.537. The Labute approximate surface area is 156 Å². The second kappa shape index (κ2) is 7.72. The van der Waals surface area contributed by atoms with Crippen molar-refractivity contribution in [1.82, 2.24) is 4.90 Å². The number of ketones is 1. The summed E-state index contributed by atoms with van der Waals surface area (Å²) in [5, 5.41) is 11.3. The van der Waals surface area contributed by atoms with E-state index in [9.17, 15) is 14.7 Å². The molecule has 0 bridgehead atoms. The van der Waals surface area contributed by atoms with Gasteiger partial charge in [-0.1, -0.05) is 41.9 Å². The third-order valence-corrected chi connectivity index (χ3v) is 4.56. The molecule has 0 saturated carbocycles. The first-order valence-electron chi connectivity index (χ1n) is 8.13. The molecule has 1 unspecified atom stereocenters. The summed E-state index contributed by atoms with van der Waals surface area (Å²) in [5.41, 5.74) is 1.25. The molecule has 2 aromatic rings. The van der Waals surface area contributed by atoms with Crippen LogP contribution in [0.1, 0.15) is 17.2 Å². The lowest BCUT2D eigenvalue weighted by atomic mass is 9.95. The molecule has 0 radical (unpaired) electrons. The predicted octanol–water partition coefficient (Wildman–Crippen LogP) is 3.41. The van der Waals surface area contributed by atoms with Gasteiger partial charge in [-0.05, 0) is 29.8 Å². The monoisotopic (exact) mass is 371 g/mol. The Bertz CT molecular complexity index is 846. The number of carbonyl (C=O) groups is 2. The van der Waals surface area contributed by atoms with Gasteiger partial charge in [-0.25, -0.2) is 0 Å². The predicted molar refractivity (Wildman–Crippen MR) is 98.8 cm³/mol. The van der Waals surface area contributed by atoms with E-state index in [1.165, 1.54) is 12.0 Å². The average molecular weight is 372 g/mol. The maximum absolute atomic E-state index is 12.7. The summed E-state index contributed by atoms with van der Waals surface area (Å²) >= 11 is 5.89. The van der Waals surface area contributed by atoms with E-state index in [0.29, 0.717) is 10.6 Å². The molecular weight excluding hydrogens is 354 g/mol. The van der Waals surface area contributed by atoms with Crippen LogP contribution in [0.2, 0.25) is 5.02 Å². The number of ether oxygens (including phenoxy) is 1. The molecule has 2 aromatic carbocycles. The molecule has 1 atom stereocenters. The normalized spacial score (nSPS) is 19.2. The first-order valence-corrected chi connectivity index (χ1v) is 8.50. The van der Waals surface area contributed by atoms with Gasteiger partial charge in [0.15, 0.2) is 0 Å². The van der Waals surface area contributed by atoms with Crippen molar-refractivity contribution in [2.24, 2.45) is 0 Å². The second-order valence-electron chi connectivity index (χ2n) is 5.90. The van der Waals surface area contributed by atoms with Gasteiger partial charge in [0.2, 0.25) is 0 Å². The summed E-state index contributed by atoms with van der Waals surface area (Å²) in [6.07, 6.45) is 0. The number of likely N-dealkylation sites (tertiary alicyclic amines) is 1. The molecule has 134 valence electrons. The SMILES string of the molecule is COCCN1C(=O)C(=O)C(=C(O)c2ccc(Cl)cc2)C1c1ccccc1. The van der Waals surface area contributed by atoms with Crippen LogP contribution in [0.5, 0.6) is 0 Å². The molecule has 6 heteroatoms. The fourth-order valence-electron chi connectivity index (χ4n) is 3.05. The number of nitrogens with zero attached hydrogens (tertiary/aromatic N) is 1. The molecule has 1 fully saturated rings. The van der Waals surface area contributed by atoms with E-state index in [1.807, 2.05) is 30.3 Å². The van der Waals surface area contributed by atoms with E-state index >= 15 is 0 Å². The maximum atomic E-state index is 12.7. The Balaban J connectivity index is 2.14. The molecule has 1 saturated heterocycles. The van der Waals surface area contributed by atoms with Crippen LogP contribution < -0.4 is 0 Å². The van der Waals surface area contributed by atoms with Gasteiger partial charge < -0.3 is 14.7 Å². The number of hydrogen-bond donors (Lipinski definition) is 1. The molecule has 1 aliphatic rings. The van der Waals surface area contributed by atoms with Crippen molar-refractivity contribution in [3.8, 4) is 0 Å². The smallest absolute Gasteiger partial charge is 0.295 e. The number of aliphatic hydroxyl groups excluding tert-OH is 1. The average Bonchev–Trinajstić information content (AvgIpc) is 2.91. The summed E-state index contributed by atoms with van der Waals surface area (Å²) in [6, 6.07) is 15.0. The standard InChI is InChI=1S/C20H18ClNO4/c1-26-12-11-22-17(13-5-3-2-4-6-13)16(19(24)20(22)25)18(23)14-7-9-15(21)10-8-14/h2-10,17,23H,11-12H2,1H3. The van der Waals surface area contributed by atoms with Gasteiger partial charge in [0.1, 0.15) is 5.76 Å². The molecule has 26 heavy (non-hydrogen) atoms. The number of benzene rings is 2. The van der Waals surface area contributed by atoms with Crippen LogP contribution in [-0.4, -0.2) is 42.0 Å². The molecule has 1 amide bonds. The summed E-state index contributed by atoms with van der Waals surface area (Å²) in [4.78, 5) is 26.7.